The summed E-state index contributed by atoms with van der Waals surface area (Å²) < 4.78 is 0. The first-order valence-electron chi connectivity index (χ1n) is 8.58. The molecule has 0 heterocycles. The highest BCUT2D eigenvalue weighted by atomic mass is 16.2. The highest BCUT2D eigenvalue weighted by molar-refractivity contribution is 5.81. The fourth-order valence-corrected chi connectivity index (χ4v) is 5.62. The van der Waals surface area contributed by atoms with E-state index in [9.17, 15) is 4.79 Å². The van der Waals surface area contributed by atoms with E-state index in [1.807, 2.05) is 0 Å². The van der Waals surface area contributed by atoms with Crippen LogP contribution < -0.4 is 11.1 Å². The molecule has 1 amide bonds. The molecule has 0 aromatic heterocycles. The van der Waals surface area contributed by atoms with Crippen LogP contribution in [0.3, 0.4) is 0 Å². The predicted octanol–water partition coefficient (Wildman–Crippen LogP) is 2.83. The third-order valence-electron chi connectivity index (χ3n) is 6.30. The van der Waals surface area contributed by atoms with Gasteiger partial charge >= 0.3 is 0 Å². The van der Waals surface area contributed by atoms with Gasteiger partial charge in [-0.25, -0.2) is 0 Å². The van der Waals surface area contributed by atoms with E-state index in [-0.39, 0.29) is 11.9 Å². The number of carbonyl (C=O) groups excluding carboxylic acids is 1. The molecule has 2 unspecified atom stereocenters. The van der Waals surface area contributed by atoms with Crippen LogP contribution in [0.2, 0.25) is 0 Å². The van der Waals surface area contributed by atoms with E-state index in [1.54, 1.807) is 0 Å². The molecule has 2 atom stereocenters. The molecule has 4 saturated carbocycles. The fraction of sp³-hybridized carbons (Fsp3) is 0.941. The Morgan fingerprint density at radius 3 is 2.15 bits per heavy atom. The second-order valence-corrected chi connectivity index (χ2v) is 7.91. The van der Waals surface area contributed by atoms with Crippen LogP contribution >= 0.6 is 0 Å². The van der Waals surface area contributed by atoms with E-state index >= 15 is 0 Å². The molecule has 3 heteroatoms. The lowest BCUT2D eigenvalue weighted by Crippen LogP contribution is -2.57. The predicted molar refractivity (Wildman–Crippen MR) is 81.1 cm³/mol. The standard InChI is InChI=1S/C17H30N2O/c1-3-4-15(18)16(20)19-11(2)17-8-12-5-13(9-17)7-14(6-12)10-17/h11-15H,3-10,18H2,1-2H3,(H,19,20). The Morgan fingerprint density at radius 2 is 1.70 bits per heavy atom. The van der Waals surface area contributed by atoms with Gasteiger partial charge in [-0.3, -0.25) is 4.79 Å². The number of rotatable bonds is 5. The fourth-order valence-electron chi connectivity index (χ4n) is 5.62. The van der Waals surface area contributed by atoms with Crippen LogP contribution in [-0.2, 0) is 4.79 Å². The average Bonchev–Trinajstić information content (AvgIpc) is 2.37. The van der Waals surface area contributed by atoms with E-state index in [1.165, 1.54) is 38.5 Å². The van der Waals surface area contributed by atoms with Gasteiger partial charge in [0.05, 0.1) is 6.04 Å². The van der Waals surface area contributed by atoms with Gasteiger partial charge in [-0.15, -0.1) is 0 Å². The van der Waals surface area contributed by atoms with Crippen LogP contribution in [0.5, 0.6) is 0 Å². The molecule has 0 radical (unpaired) electrons. The summed E-state index contributed by atoms with van der Waals surface area (Å²) in [5, 5.41) is 3.26. The number of hydrogen-bond donors (Lipinski definition) is 2. The lowest BCUT2D eigenvalue weighted by molar-refractivity contribution is -0.127. The average molecular weight is 278 g/mol. The summed E-state index contributed by atoms with van der Waals surface area (Å²) in [6.07, 6.45) is 10.1. The second-order valence-electron chi connectivity index (χ2n) is 7.91. The van der Waals surface area contributed by atoms with Gasteiger partial charge in [0.1, 0.15) is 0 Å². The Balaban J connectivity index is 1.65. The zero-order valence-corrected chi connectivity index (χ0v) is 13.0. The van der Waals surface area contributed by atoms with Crippen molar-refractivity contribution in [2.75, 3.05) is 0 Å². The molecule has 4 fully saturated rings. The lowest BCUT2D eigenvalue weighted by atomic mass is 9.48. The van der Waals surface area contributed by atoms with Gasteiger partial charge in [0.2, 0.25) is 5.91 Å². The van der Waals surface area contributed by atoms with Crippen LogP contribution in [0.15, 0.2) is 0 Å². The summed E-state index contributed by atoms with van der Waals surface area (Å²) in [7, 11) is 0. The lowest BCUT2D eigenvalue weighted by Gasteiger charge is -2.59. The van der Waals surface area contributed by atoms with Crippen LogP contribution in [0.25, 0.3) is 0 Å². The third kappa shape index (κ3) is 2.49. The minimum atomic E-state index is -0.323. The van der Waals surface area contributed by atoms with Crippen LogP contribution in [-0.4, -0.2) is 18.0 Å². The molecule has 0 aromatic carbocycles. The molecule has 0 saturated heterocycles. The zero-order valence-electron chi connectivity index (χ0n) is 13.0. The third-order valence-corrected chi connectivity index (χ3v) is 6.30. The molecule has 4 bridgehead atoms. The molecule has 114 valence electrons. The minimum absolute atomic E-state index is 0.0649. The molecule has 4 rings (SSSR count). The largest absolute Gasteiger partial charge is 0.352 e. The van der Waals surface area contributed by atoms with Crippen LogP contribution in [0.4, 0.5) is 0 Å². The van der Waals surface area contributed by atoms with Gasteiger partial charge in [0, 0.05) is 6.04 Å². The van der Waals surface area contributed by atoms with Gasteiger partial charge in [0.15, 0.2) is 0 Å². The topological polar surface area (TPSA) is 55.1 Å². The summed E-state index contributed by atoms with van der Waals surface area (Å²) in [6.45, 7) is 4.30. The van der Waals surface area contributed by atoms with Crippen molar-refractivity contribution >= 4 is 5.91 Å². The smallest absolute Gasteiger partial charge is 0.237 e. The maximum Gasteiger partial charge on any atom is 0.237 e. The first kappa shape index (κ1) is 14.4. The highest BCUT2D eigenvalue weighted by Gasteiger charge is 2.53. The molecule has 20 heavy (non-hydrogen) atoms. The summed E-state index contributed by atoms with van der Waals surface area (Å²) in [5.74, 6) is 2.87. The van der Waals surface area contributed by atoms with Gasteiger partial charge < -0.3 is 11.1 Å². The molecule has 4 aliphatic carbocycles. The summed E-state index contributed by atoms with van der Waals surface area (Å²) in [5.41, 5.74) is 6.34. The van der Waals surface area contributed by atoms with E-state index in [4.69, 9.17) is 5.73 Å². The number of hydrogen-bond acceptors (Lipinski definition) is 2. The van der Waals surface area contributed by atoms with Crippen molar-refractivity contribution in [2.45, 2.75) is 77.3 Å². The Bertz CT molecular complexity index is 344. The van der Waals surface area contributed by atoms with E-state index in [0.717, 1.165) is 30.6 Å². The maximum atomic E-state index is 12.2. The van der Waals surface area contributed by atoms with Crippen molar-refractivity contribution in [3.05, 3.63) is 0 Å². The first-order valence-corrected chi connectivity index (χ1v) is 8.58. The van der Waals surface area contributed by atoms with E-state index < -0.39 is 0 Å². The summed E-state index contributed by atoms with van der Waals surface area (Å²) in [4.78, 5) is 12.2. The Labute approximate surface area is 123 Å². The molecule has 0 spiro atoms. The normalized spacial score (nSPS) is 41.5. The van der Waals surface area contributed by atoms with Crippen molar-refractivity contribution in [2.24, 2.45) is 28.9 Å². The van der Waals surface area contributed by atoms with Crippen molar-refractivity contribution in [3.8, 4) is 0 Å². The van der Waals surface area contributed by atoms with Crippen molar-refractivity contribution in [1.82, 2.24) is 5.32 Å². The van der Waals surface area contributed by atoms with Crippen LogP contribution in [0.1, 0.15) is 65.2 Å². The Hall–Kier alpha value is -0.570. The molecule has 0 aromatic rings. The molecule has 4 aliphatic rings. The highest BCUT2D eigenvalue weighted by Crippen LogP contribution is 2.61. The van der Waals surface area contributed by atoms with Crippen molar-refractivity contribution in [1.29, 1.82) is 0 Å². The number of nitrogens with two attached hydrogens (primary N) is 1. The molecule has 0 aliphatic heterocycles. The quantitative estimate of drug-likeness (QED) is 0.812. The van der Waals surface area contributed by atoms with E-state index in [2.05, 4.69) is 19.2 Å². The monoisotopic (exact) mass is 278 g/mol. The van der Waals surface area contributed by atoms with Crippen molar-refractivity contribution < 1.29 is 4.79 Å². The molecule has 3 N–H and O–H groups in total. The molecular weight excluding hydrogens is 248 g/mol. The molecule has 3 nitrogen and oxygen atoms in total. The Morgan fingerprint density at radius 1 is 1.20 bits per heavy atom. The van der Waals surface area contributed by atoms with Gasteiger partial charge in [-0.2, -0.15) is 0 Å². The number of amides is 1. The summed E-state index contributed by atoms with van der Waals surface area (Å²) >= 11 is 0. The van der Waals surface area contributed by atoms with Gasteiger partial charge in [-0.1, -0.05) is 13.3 Å². The Kier molecular flexibility index (Phi) is 3.83. The van der Waals surface area contributed by atoms with Gasteiger partial charge in [-0.05, 0) is 75.0 Å². The SMILES string of the molecule is CCCC(N)C(=O)NC(C)C12CC3CC(CC(C3)C1)C2. The second kappa shape index (κ2) is 5.32. The van der Waals surface area contributed by atoms with E-state index in [0.29, 0.717) is 11.5 Å². The van der Waals surface area contributed by atoms with Gasteiger partial charge in [0.25, 0.3) is 0 Å². The van der Waals surface area contributed by atoms with Crippen molar-refractivity contribution in [3.63, 3.8) is 0 Å². The first-order chi connectivity index (χ1) is 9.52. The molecular formula is C17H30N2O. The number of carbonyl (C=O) groups is 1. The summed E-state index contributed by atoms with van der Waals surface area (Å²) in [6, 6.07) is -0.0253. The number of nitrogens with one attached hydrogen (secondary N) is 1. The van der Waals surface area contributed by atoms with Crippen LogP contribution in [0, 0.1) is 23.2 Å². The minimum Gasteiger partial charge on any atom is -0.352 e. The zero-order chi connectivity index (χ0) is 14.3. The maximum absolute atomic E-state index is 12.2.